The number of halogens is 2. The predicted molar refractivity (Wildman–Crippen MR) is 76.8 cm³/mol. The molecule has 0 bridgehead atoms. The molecular weight excluding hydrogens is 309 g/mol. The zero-order valence-corrected chi connectivity index (χ0v) is 12.1. The van der Waals surface area contributed by atoms with Crippen LogP contribution < -0.4 is 11.3 Å². The molecule has 2 aromatic rings. The molecule has 1 aromatic heterocycles. The molecule has 1 unspecified atom stereocenters. The standard InChI is InChI=1S/C14H15BrFN3/c1-9-5-11(8-18-7-9)13(19-17)6-10-3-2-4-12(16)14(10)15/h2-5,7-8,13,19H,6,17H2,1H3. The second-order valence-corrected chi connectivity index (χ2v) is 5.22. The van der Waals surface area contributed by atoms with Gasteiger partial charge < -0.3 is 0 Å². The van der Waals surface area contributed by atoms with E-state index in [0.717, 1.165) is 16.7 Å². The van der Waals surface area contributed by atoms with Crippen molar-refractivity contribution in [1.82, 2.24) is 10.4 Å². The van der Waals surface area contributed by atoms with E-state index in [1.807, 2.05) is 19.1 Å². The molecule has 0 aliphatic carbocycles. The van der Waals surface area contributed by atoms with Gasteiger partial charge in [-0.2, -0.15) is 0 Å². The molecule has 1 heterocycles. The van der Waals surface area contributed by atoms with Gasteiger partial charge in [0.1, 0.15) is 5.82 Å². The summed E-state index contributed by atoms with van der Waals surface area (Å²) in [5, 5.41) is 0. The summed E-state index contributed by atoms with van der Waals surface area (Å²) in [5.41, 5.74) is 5.67. The van der Waals surface area contributed by atoms with Crippen molar-refractivity contribution in [3.8, 4) is 0 Å². The van der Waals surface area contributed by atoms with Crippen molar-refractivity contribution in [1.29, 1.82) is 0 Å². The van der Waals surface area contributed by atoms with E-state index in [9.17, 15) is 4.39 Å². The number of benzene rings is 1. The summed E-state index contributed by atoms with van der Waals surface area (Å²) in [4.78, 5) is 4.15. The lowest BCUT2D eigenvalue weighted by Gasteiger charge is -2.17. The third-order valence-electron chi connectivity index (χ3n) is 2.96. The minimum atomic E-state index is -0.268. The molecule has 3 N–H and O–H groups in total. The van der Waals surface area contributed by atoms with Gasteiger partial charge in [0, 0.05) is 12.4 Å². The minimum Gasteiger partial charge on any atom is -0.271 e. The van der Waals surface area contributed by atoms with Crippen molar-refractivity contribution in [2.24, 2.45) is 5.84 Å². The van der Waals surface area contributed by atoms with Crippen LogP contribution >= 0.6 is 15.9 Å². The molecule has 5 heteroatoms. The molecule has 19 heavy (non-hydrogen) atoms. The number of aryl methyl sites for hydroxylation is 1. The molecule has 0 amide bonds. The second kappa shape index (κ2) is 6.23. The van der Waals surface area contributed by atoms with Crippen LogP contribution in [0.3, 0.4) is 0 Å². The first-order valence-corrected chi connectivity index (χ1v) is 6.71. The highest BCUT2D eigenvalue weighted by atomic mass is 79.9. The number of nitrogens with one attached hydrogen (secondary N) is 1. The van der Waals surface area contributed by atoms with Gasteiger partial charge in [-0.15, -0.1) is 0 Å². The van der Waals surface area contributed by atoms with Crippen molar-refractivity contribution in [2.75, 3.05) is 0 Å². The summed E-state index contributed by atoms with van der Waals surface area (Å²) in [6, 6.07) is 6.90. The second-order valence-electron chi connectivity index (χ2n) is 4.43. The molecule has 1 atom stereocenters. The van der Waals surface area contributed by atoms with E-state index < -0.39 is 0 Å². The van der Waals surface area contributed by atoms with Crippen LogP contribution in [-0.4, -0.2) is 4.98 Å². The van der Waals surface area contributed by atoms with Gasteiger partial charge in [0.2, 0.25) is 0 Å². The molecule has 100 valence electrons. The van der Waals surface area contributed by atoms with E-state index in [1.54, 1.807) is 18.5 Å². The fourth-order valence-corrected chi connectivity index (χ4v) is 2.39. The Morgan fingerprint density at radius 3 is 2.89 bits per heavy atom. The number of hydrazine groups is 1. The van der Waals surface area contributed by atoms with Crippen molar-refractivity contribution < 1.29 is 4.39 Å². The van der Waals surface area contributed by atoms with E-state index >= 15 is 0 Å². The van der Waals surface area contributed by atoms with Gasteiger partial charge in [0.05, 0.1) is 10.5 Å². The lowest BCUT2D eigenvalue weighted by molar-refractivity contribution is 0.544. The first-order valence-electron chi connectivity index (χ1n) is 5.92. The number of hydrogen-bond acceptors (Lipinski definition) is 3. The molecular formula is C14H15BrFN3. The average molecular weight is 324 g/mol. The van der Waals surface area contributed by atoms with E-state index in [-0.39, 0.29) is 11.9 Å². The van der Waals surface area contributed by atoms with Crippen molar-refractivity contribution in [3.05, 3.63) is 63.6 Å². The third-order valence-corrected chi connectivity index (χ3v) is 3.84. The Balaban J connectivity index is 2.26. The monoisotopic (exact) mass is 323 g/mol. The molecule has 0 radical (unpaired) electrons. The molecule has 0 fully saturated rings. The van der Waals surface area contributed by atoms with Crippen molar-refractivity contribution in [3.63, 3.8) is 0 Å². The molecule has 2 rings (SSSR count). The predicted octanol–water partition coefficient (Wildman–Crippen LogP) is 3.04. The SMILES string of the molecule is Cc1cncc(C(Cc2cccc(F)c2Br)NN)c1. The van der Waals surface area contributed by atoms with Crippen LogP contribution in [0.25, 0.3) is 0 Å². The quantitative estimate of drug-likeness (QED) is 0.671. The van der Waals surface area contributed by atoms with Gasteiger partial charge in [0.25, 0.3) is 0 Å². The number of pyridine rings is 1. The van der Waals surface area contributed by atoms with Gasteiger partial charge in [-0.25, -0.2) is 4.39 Å². The van der Waals surface area contributed by atoms with Crippen LogP contribution in [0, 0.1) is 12.7 Å². The highest BCUT2D eigenvalue weighted by Gasteiger charge is 2.14. The van der Waals surface area contributed by atoms with Crippen molar-refractivity contribution in [2.45, 2.75) is 19.4 Å². The highest BCUT2D eigenvalue weighted by Crippen LogP contribution is 2.25. The Labute approximate surface area is 120 Å². The maximum atomic E-state index is 13.5. The van der Waals surface area contributed by atoms with Crippen LogP contribution in [0.1, 0.15) is 22.7 Å². The van der Waals surface area contributed by atoms with E-state index in [4.69, 9.17) is 5.84 Å². The van der Waals surface area contributed by atoms with Gasteiger partial charge in [-0.05, 0) is 52.0 Å². The van der Waals surface area contributed by atoms with Crippen LogP contribution in [0.5, 0.6) is 0 Å². The van der Waals surface area contributed by atoms with E-state index in [0.29, 0.717) is 10.9 Å². The topological polar surface area (TPSA) is 50.9 Å². The van der Waals surface area contributed by atoms with E-state index in [1.165, 1.54) is 6.07 Å². The number of aromatic nitrogens is 1. The first kappa shape index (κ1) is 14.1. The van der Waals surface area contributed by atoms with Crippen LogP contribution in [0.15, 0.2) is 41.1 Å². The Hall–Kier alpha value is -1.30. The normalized spacial score (nSPS) is 12.4. The highest BCUT2D eigenvalue weighted by molar-refractivity contribution is 9.10. The average Bonchev–Trinajstić information content (AvgIpc) is 2.40. The summed E-state index contributed by atoms with van der Waals surface area (Å²) in [7, 11) is 0. The summed E-state index contributed by atoms with van der Waals surface area (Å²) in [6.07, 6.45) is 4.14. The third kappa shape index (κ3) is 3.37. The number of hydrogen-bond donors (Lipinski definition) is 2. The van der Waals surface area contributed by atoms with Crippen LogP contribution in [0.4, 0.5) is 4.39 Å². The Kier molecular flexibility index (Phi) is 4.63. The molecule has 0 saturated carbocycles. The lowest BCUT2D eigenvalue weighted by Crippen LogP contribution is -2.29. The maximum Gasteiger partial charge on any atom is 0.137 e. The fraction of sp³-hybridized carbons (Fsp3) is 0.214. The molecule has 0 spiro atoms. The van der Waals surface area contributed by atoms with Gasteiger partial charge >= 0.3 is 0 Å². The van der Waals surface area contributed by atoms with Crippen LogP contribution in [-0.2, 0) is 6.42 Å². The van der Waals surface area contributed by atoms with Crippen molar-refractivity contribution >= 4 is 15.9 Å². The fourth-order valence-electron chi connectivity index (χ4n) is 1.97. The van der Waals surface area contributed by atoms with Crippen LogP contribution in [0.2, 0.25) is 0 Å². The van der Waals surface area contributed by atoms with Gasteiger partial charge in [-0.1, -0.05) is 18.2 Å². The van der Waals surface area contributed by atoms with Gasteiger partial charge in [-0.3, -0.25) is 16.3 Å². The molecule has 0 aliphatic heterocycles. The number of nitrogens with two attached hydrogens (primary N) is 1. The zero-order chi connectivity index (χ0) is 13.8. The lowest BCUT2D eigenvalue weighted by atomic mass is 10.00. The molecule has 1 aromatic carbocycles. The summed E-state index contributed by atoms with van der Waals surface area (Å²) >= 11 is 3.27. The Morgan fingerprint density at radius 2 is 2.21 bits per heavy atom. The summed E-state index contributed by atoms with van der Waals surface area (Å²) in [6.45, 7) is 1.97. The first-order chi connectivity index (χ1) is 9.11. The van der Waals surface area contributed by atoms with E-state index in [2.05, 4.69) is 26.3 Å². The summed E-state index contributed by atoms with van der Waals surface area (Å²) < 4.78 is 14.0. The minimum absolute atomic E-state index is 0.106. The Morgan fingerprint density at radius 1 is 1.42 bits per heavy atom. The maximum absolute atomic E-state index is 13.5. The Bertz CT molecular complexity index is 574. The number of rotatable bonds is 4. The molecule has 0 aliphatic rings. The molecule has 0 saturated heterocycles. The molecule has 3 nitrogen and oxygen atoms in total. The zero-order valence-electron chi connectivity index (χ0n) is 10.5. The summed E-state index contributed by atoms with van der Waals surface area (Å²) in [5.74, 6) is 5.34. The largest absolute Gasteiger partial charge is 0.271 e. The van der Waals surface area contributed by atoms with Gasteiger partial charge in [0.15, 0.2) is 0 Å². The number of nitrogens with zero attached hydrogens (tertiary/aromatic N) is 1. The smallest absolute Gasteiger partial charge is 0.137 e.